The molecule has 0 fully saturated rings. The largest absolute Gasteiger partial charge is 0.393 e. The van der Waals surface area contributed by atoms with Crippen LogP contribution in [0.1, 0.15) is 57.6 Å². The second-order valence-corrected chi connectivity index (χ2v) is 8.31. The first-order chi connectivity index (χ1) is 12.5. The standard InChI is InChI=1S/C25H36O/c1-20(2)24(18-22-12-6-4-7-13-22)16-10-11-21(3)17-25(26)19-23-14-8-5-9-15-23/h4-9,12-15,20-21,24-26H,10-11,16-19H2,1-3H3/t21-,24+,25-/m0/s1. The Kier molecular flexibility index (Phi) is 8.91. The fourth-order valence-corrected chi connectivity index (χ4v) is 3.87. The van der Waals surface area contributed by atoms with Crippen molar-refractivity contribution in [2.45, 2.75) is 65.4 Å². The topological polar surface area (TPSA) is 20.2 Å². The number of benzene rings is 2. The van der Waals surface area contributed by atoms with Crippen molar-refractivity contribution in [3.8, 4) is 0 Å². The van der Waals surface area contributed by atoms with E-state index in [1.54, 1.807) is 0 Å². The first-order valence-electron chi connectivity index (χ1n) is 10.3. The lowest BCUT2D eigenvalue weighted by Gasteiger charge is -2.22. The normalized spacial score (nSPS) is 15.0. The van der Waals surface area contributed by atoms with Crippen molar-refractivity contribution in [2.24, 2.45) is 17.8 Å². The number of aliphatic hydroxyl groups is 1. The molecule has 1 heteroatoms. The van der Waals surface area contributed by atoms with Crippen LogP contribution in [0.15, 0.2) is 60.7 Å². The van der Waals surface area contributed by atoms with Gasteiger partial charge < -0.3 is 5.11 Å². The number of hydrogen-bond donors (Lipinski definition) is 1. The minimum atomic E-state index is -0.224. The SMILES string of the molecule is CC(C)[C@H](CCC[C@H](C)C[C@H](O)Cc1ccccc1)Cc1ccccc1. The van der Waals surface area contributed by atoms with E-state index in [4.69, 9.17) is 0 Å². The summed E-state index contributed by atoms with van der Waals surface area (Å²) in [4.78, 5) is 0. The minimum Gasteiger partial charge on any atom is -0.393 e. The summed E-state index contributed by atoms with van der Waals surface area (Å²) in [6.45, 7) is 6.98. The molecule has 3 atom stereocenters. The van der Waals surface area contributed by atoms with Crippen LogP contribution in [0.25, 0.3) is 0 Å². The average Bonchev–Trinajstić information content (AvgIpc) is 2.62. The second kappa shape index (κ2) is 11.2. The van der Waals surface area contributed by atoms with Crippen LogP contribution in [0.5, 0.6) is 0 Å². The van der Waals surface area contributed by atoms with E-state index in [-0.39, 0.29) is 6.10 Å². The minimum absolute atomic E-state index is 0.224. The molecule has 2 rings (SSSR count). The molecule has 26 heavy (non-hydrogen) atoms. The van der Waals surface area contributed by atoms with Gasteiger partial charge in [0, 0.05) is 0 Å². The zero-order valence-corrected chi connectivity index (χ0v) is 16.8. The van der Waals surface area contributed by atoms with Crippen LogP contribution in [0.3, 0.4) is 0 Å². The maximum absolute atomic E-state index is 10.4. The number of hydrogen-bond acceptors (Lipinski definition) is 1. The van der Waals surface area contributed by atoms with Gasteiger partial charge in [0.1, 0.15) is 0 Å². The van der Waals surface area contributed by atoms with E-state index < -0.39 is 0 Å². The highest BCUT2D eigenvalue weighted by Crippen LogP contribution is 2.25. The van der Waals surface area contributed by atoms with Gasteiger partial charge in [-0.1, -0.05) is 94.3 Å². The molecule has 2 aromatic rings. The third-order valence-corrected chi connectivity index (χ3v) is 5.54. The predicted molar refractivity (Wildman–Crippen MR) is 112 cm³/mol. The van der Waals surface area contributed by atoms with Crippen molar-refractivity contribution >= 4 is 0 Å². The van der Waals surface area contributed by atoms with Crippen molar-refractivity contribution in [3.05, 3.63) is 71.8 Å². The maximum Gasteiger partial charge on any atom is 0.0583 e. The summed E-state index contributed by atoms with van der Waals surface area (Å²) in [6.07, 6.45) is 6.39. The summed E-state index contributed by atoms with van der Waals surface area (Å²) < 4.78 is 0. The fraction of sp³-hybridized carbons (Fsp3) is 0.520. The highest BCUT2D eigenvalue weighted by molar-refractivity contribution is 5.16. The van der Waals surface area contributed by atoms with Crippen LogP contribution in [-0.4, -0.2) is 11.2 Å². The van der Waals surface area contributed by atoms with Crippen LogP contribution in [0.2, 0.25) is 0 Å². The molecule has 0 saturated carbocycles. The van der Waals surface area contributed by atoms with Gasteiger partial charge in [-0.05, 0) is 54.6 Å². The fourth-order valence-electron chi connectivity index (χ4n) is 3.87. The van der Waals surface area contributed by atoms with Crippen LogP contribution in [0, 0.1) is 17.8 Å². The molecule has 0 aliphatic rings. The lowest BCUT2D eigenvalue weighted by Crippen LogP contribution is -2.16. The first kappa shape index (κ1) is 20.7. The van der Waals surface area contributed by atoms with Crippen LogP contribution < -0.4 is 0 Å². The molecule has 0 saturated heterocycles. The van der Waals surface area contributed by atoms with E-state index in [1.165, 1.54) is 36.8 Å². The summed E-state index contributed by atoms with van der Waals surface area (Å²) >= 11 is 0. The van der Waals surface area contributed by atoms with Gasteiger partial charge in [-0.15, -0.1) is 0 Å². The highest BCUT2D eigenvalue weighted by Gasteiger charge is 2.16. The Morgan fingerprint density at radius 1 is 0.731 bits per heavy atom. The lowest BCUT2D eigenvalue weighted by atomic mass is 9.84. The zero-order valence-electron chi connectivity index (χ0n) is 16.8. The first-order valence-corrected chi connectivity index (χ1v) is 10.3. The van der Waals surface area contributed by atoms with Crippen LogP contribution in [0.4, 0.5) is 0 Å². The van der Waals surface area contributed by atoms with Gasteiger partial charge in [0.05, 0.1) is 6.10 Å². The van der Waals surface area contributed by atoms with Gasteiger partial charge in [0.15, 0.2) is 0 Å². The molecular weight excluding hydrogens is 316 g/mol. The molecule has 0 spiro atoms. The Morgan fingerprint density at radius 3 is 1.81 bits per heavy atom. The van der Waals surface area contributed by atoms with Gasteiger partial charge in [-0.2, -0.15) is 0 Å². The average molecular weight is 353 g/mol. The van der Waals surface area contributed by atoms with E-state index >= 15 is 0 Å². The van der Waals surface area contributed by atoms with Gasteiger partial charge in [0.2, 0.25) is 0 Å². The lowest BCUT2D eigenvalue weighted by molar-refractivity contribution is 0.142. The zero-order chi connectivity index (χ0) is 18.8. The molecule has 0 aliphatic heterocycles. The summed E-state index contributed by atoms with van der Waals surface area (Å²) in [5.74, 6) is 2.05. The molecule has 142 valence electrons. The van der Waals surface area contributed by atoms with Gasteiger partial charge in [-0.3, -0.25) is 0 Å². The molecule has 0 unspecified atom stereocenters. The number of rotatable bonds is 11. The molecule has 0 radical (unpaired) electrons. The maximum atomic E-state index is 10.4. The molecule has 0 aromatic heterocycles. The van der Waals surface area contributed by atoms with Gasteiger partial charge in [-0.25, -0.2) is 0 Å². The summed E-state index contributed by atoms with van der Waals surface area (Å²) in [7, 11) is 0. The summed E-state index contributed by atoms with van der Waals surface area (Å²) in [5.41, 5.74) is 2.69. The molecule has 1 nitrogen and oxygen atoms in total. The van der Waals surface area contributed by atoms with Gasteiger partial charge in [0.25, 0.3) is 0 Å². The highest BCUT2D eigenvalue weighted by atomic mass is 16.3. The number of aliphatic hydroxyl groups excluding tert-OH is 1. The Bertz CT molecular complexity index is 590. The third-order valence-electron chi connectivity index (χ3n) is 5.54. The second-order valence-electron chi connectivity index (χ2n) is 8.31. The van der Waals surface area contributed by atoms with Crippen LogP contribution >= 0.6 is 0 Å². The van der Waals surface area contributed by atoms with E-state index in [0.717, 1.165) is 18.8 Å². The van der Waals surface area contributed by atoms with Crippen molar-refractivity contribution in [2.75, 3.05) is 0 Å². The van der Waals surface area contributed by atoms with E-state index in [1.807, 2.05) is 18.2 Å². The summed E-state index contributed by atoms with van der Waals surface area (Å²) in [5, 5.41) is 10.4. The quantitative estimate of drug-likeness (QED) is 0.503. The molecule has 2 aromatic carbocycles. The van der Waals surface area contributed by atoms with E-state index in [2.05, 4.69) is 63.2 Å². The molecule has 1 N–H and O–H groups in total. The Balaban J connectivity index is 1.70. The van der Waals surface area contributed by atoms with Crippen LogP contribution in [-0.2, 0) is 12.8 Å². The van der Waals surface area contributed by atoms with Gasteiger partial charge >= 0.3 is 0 Å². The molecule has 0 amide bonds. The monoisotopic (exact) mass is 352 g/mol. The van der Waals surface area contributed by atoms with E-state index in [9.17, 15) is 5.11 Å². The van der Waals surface area contributed by atoms with Crippen molar-refractivity contribution in [1.29, 1.82) is 0 Å². The smallest absolute Gasteiger partial charge is 0.0583 e. The predicted octanol–water partition coefficient (Wildman–Crippen LogP) is 6.30. The Morgan fingerprint density at radius 2 is 1.27 bits per heavy atom. The van der Waals surface area contributed by atoms with Crippen molar-refractivity contribution < 1.29 is 5.11 Å². The molecule has 0 aliphatic carbocycles. The van der Waals surface area contributed by atoms with Crippen molar-refractivity contribution in [1.82, 2.24) is 0 Å². The molecule has 0 bridgehead atoms. The third kappa shape index (κ3) is 7.74. The van der Waals surface area contributed by atoms with Crippen molar-refractivity contribution in [3.63, 3.8) is 0 Å². The summed E-state index contributed by atoms with van der Waals surface area (Å²) in [6, 6.07) is 21.2. The Hall–Kier alpha value is -1.60. The molecular formula is C25H36O. The molecule has 0 heterocycles. The van der Waals surface area contributed by atoms with E-state index in [0.29, 0.717) is 11.8 Å². The Labute approximate surface area is 160 Å².